The van der Waals surface area contributed by atoms with Crippen LogP contribution in [0.3, 0.4) is 0 Å². The largest absolute Gasteiger partial charge is 0.393 e. The minimum Gasteiger partial charge on any atom is -0.393 e. The van der Waals surface area contributed by atoms with Crippen molar-refractivity contribution in [2.45, 2.75) is 92.3 Å². The van der Waals surface area contributed by atoms with Gasteiger partial charge in [-0.15, -0.1) is 35.4 Å². The van der Waals surface area contributed by atoms with Crippen molar-refractivity contribution in [3.63, 3.8) is 0 Å². The average Bonchev–Trinajstić information content (AvgIpc) is 2.77. The molecule has 0 aliphatic heterocycles. The predicted octanol–water partition coefficient (Wildman–Crippen LogP) is 7.19. The van der Waals surface area contributed by atoms with Gasteiger partial charge in [-0.3, -0.25) is 4.98 Å². The third kappa shape index (κ3) is 8.77. The van der Waals surface area contributed by atoms with Crippen LogP contribution in [-0.2, 0) is 39.4 Å². The molecule has 2 atom stereocenters. The Morgan fingerprint density at radius 3 is 2.06 bits per heavy atom. The minimum absolute atomic E-state index is 0. The second kappa shape index (κ2) is 14.4. The number of hydrogen-bond acceptors (Lipinski definition) is 3. The summed E-state index contributed by atoms with van der Waals surface area (Å²) in [5.41, 5.74) is 7.61. The molecule has 1 radical (unpaired) electrons. The summed E-state index contributed by atoms with van der Waals surface area (Å²) in [5.74, 6) is 1.66. The number of fused-ring (bicyclic) bond motifs is 4. The van der Waals surface area contributed by atoms with E-state index >= 15 is 0 Å². The van der Waals surface area contributed by atoms with Gasteiger partial charge in [0.2, 0.25) is 0 Å². The third-order valence-electron chi connectivity index (χ3n) is 6.53. The zero-order chi connectivity index (χ0) is 25.5. The van der Waals surface area contributed by atoms with E-state index in [1.807, 2.05) is 6.07 Å². The zero-order valence-electron chi connectivity index (χ0n) is 22.8. The summed E-state index contributed by atoms with van der Waals surface area (Å²) in [7, 11) is 0. The first-order valence-corrected chi connectivity index (χ1v) is 13.4. The molecular formula is C32H44IrNO2-. The van der Waals surface area contributed by atoms with Crippen molar-refractivity contribution in [1.29, 1.82) is 0 Å². The molecule has 4 rings (SSSR count). The molecule has 1 aliphatic rings. The van der Waals surface area contributed by atoms with Crippen LogP contribution in [0.4, 0.5) is 0 Å². The smallest absolute Gasteiger partial charge is 0.0598 e. The number of aliphatic hydroxyl groups excluding tert-OH is 2. The van der Waals surface area contributed by atoms with Crippen LogP contribution in [-0.4, -0.2) is 27.4 Å². The number of nitrogens with zero attached hydrogens (tertiary/aromatic N) is 1. The second-order valence-corrected chi connectivity index (χ2v) is 11.5. The van der Waals surface area contributed by atoms with Gasteiger partial charge in [0.1, 0.15) is 0 Å². The Hall–Kier alpha value is -1.58. The van der Waals surface area contributed by atoms with E-state index in [0.29, 0.717) is 24.2 Å². The fraction of sp³-hybridized carbons (Fsp3) is 0.531. The van der Waals surface area contributed by atoms with Crippen molar-refractivity contribution in [2.24, 2.45) is 17.8 Å². The van der Waals surface area contributed by atoms with Crippen LogP contribution in [0, 0.1) is 23.8 Å². The predicted molar refractivity (Wildman–Crippen MR) is 148 cm³/mol. The van der Waals surface area contributed by atoms with E-state index in [1.54, 1.807) is 0 Å². The molecule has 4 heteroatoms. The third-order valence-corrected chi connectivity index (χ3v) is 6.53. The Balaban J connectivity index is 0.000000285. The van der Waals surface area contributed by atoms with Crippen molar-refractivity contribution in [1.82, 2.24) is 4.98 Å². The molecule has 0 bridgehead atoms. The Morgan fingerprint density at radius 2 is 1.44 bits per heavy atom. The van der Waals surface area contributed by atoms with Crippen LogP contribution in [0.15, 0.2) is 42.5 Å². The molecular weight excluding hydrogens is 623 g/mol. The molecule has 3 aromatic rings. The van der Waals surface area contributed by atoms with E-state index in [-0.39, 0.29) is 32.3 Å². The van der Waals surface area contributed by atoms with Gasteiger partial charge in [0.25, 0.3) is 0 Å². The topological polar surface area (TPSA) is 53.4 Å². The van der Waals surface area contributed by atoms with Gasteiger partial charge in [0.05, 0.1) is 17.7 Å². The van der Waals surface area contributed by atoms with Crippen molar-refractivity contribution in [3.05, 3.63) is 65.2 Å². The second-order valence-electron chi connectivity index (χ2n) is 11.5. The first kappa shape index (κ1) is 30.6. The van der Waals surface area contributed by atoms with Crippen LogP contribution in [0.25, 0.3) is 22.2 Å². The van der Waals surface area contributed by atoms with Gasteiger partial charge in [0, 0.05) is 25.5 Å². The quantitative estimate of drug-likeness (QED) is 0.251. The summed E-state index contributed by atoms with van der Waals surface area (Å²) in [6.45, 7) is 12.9. The maximum Gasteiger partial charge on any atom is 0.0598 e. The monoisotopic (exact) mass is 667 g/mol. The number of hydrogen-bond donors (Lipinski definition) is 2. The van der Waals surface area contributed by atoms with E-state index in [9.17, 15) is 10.2 Å². The average molecular weight is 667 g/mol. The number of aromatic nitrogens is 1. The minimum atomic E-state index is -0.339. The molecule has 0 spiro atoms. The fourth-order valence-electron chi connectivity index (χ4n) is 5.09. The molecule has 2 unspecified atom stereocenters. The summed E-state index contributed by atoms with van der Waals surface area (Å²) in [6.07, 6.45) is 4.71. The van der Waals surface area contributed by atoms with Crippen LogP contribution >= 0.6 is 0 Å². The first-order valence-electron chi connectivity index (χ1n) is 13.4. The van der Waals surface area contributed by atoms with Crippen molar-refractivity contribution in [3.8, 4) is 11.3 Å². The van der Waals surface area contributed by atoms with Crippen molar-refractivity contribution < 1.29 is 30.3 Å². The number of aryl methyl sites for hydroxylation is 2. The summed E-state index contributed by atoms with van der Waals surface area (Å²) in [5, 5.41) is 20.4. The molecule has 1 heterocycles. The van der Waals surface area contributed by atoms with E-state index in [2.05, 4.69) is 84.0 Å². The Bertz CT molecular complexity index is 1080. The van der Waals surface area contributed by atoms with E-state index in [0.717, 1.165) is 43.3 Å². The molecule has 36 heavy (non-hydrogen) atoms. The van der Waals surface area contributed by atoms with Crippen LogP contribution in [0.1, 0.15) is 77.5 Å². The maximum atomic E-state index is 9.54. The van der Waals surface area contributed by atoms with Gasteiger partial charge < -0.3 is 10.2 Å². The van der Waals surface area contributed by atoms with Gasteiger partial charge in [-0.25, -0.2) is 0 Å². The van der Waals surface area contributed by atoms with Crippen molar-refractivity contribution >= 4 is 10.9 Å². The van der Waals surface area contributed by atoms with Gasteiger partial charge in [-0.05, 0) is 67.2 Å². The molecule has 0 fully saturated rings. The van der Waals surface area contributed by atoms with Gasteiger partial charge >= 0.3 is 0 Å². The molecule has 3 nitrogen and oxygen atoms in total. The Kier molecular flexibility index (Phi) is 12.2. The van der Waals surface area contributed by atoms with Crippen LogP contribution in [0.2, 0.25) is 0 Å². The maximum absolute atomic E-state index is 9.54. The van der Waals surface area contributed by atoms with Crippen LogP contribution in [0.5, 0.6) is 0 Å². The standard InChI is InChI=1S/C21H20N.C11H24O2.Ir/c1-14(2)12-16-7-5-9-20-19(16)13-17-11-10-15-6-3-4-8-18(15)21(17)22-20;1-8(2)5-10(12)7-11(13)6-9(3)4;/h3-7,9,13-14H,10-12H2,1-2H3;8-13H,5-7H2,1-4H3;/q-1;;. The zero-order valence-corrected chi connectivity index (χ0v) is 25.2. The van der Waals surface area contributed by atoms with E-state index in [1.165, 1.54) is 27.6 Å². The van der Waals surface area contributed by atoms with Gasteiger partial charge in [-0.1, -0.05) is 71.7 Å². The summed E-state index contributed by atoms with van der Waals surface area (Å²) in [4.78, 5) is 4.99. The Labute approximate surface area is 232 Å². The normalized spacial score (nSPS) is 14.1. The molecule has 2 N–H and O–H groups in total. The molecule has 199 valence electrons. The number of aliphatic hydroxyl groups is 2. The number of benzene rings is 2. The van der Waals surface area contributed by atoms with Crippen molar-refractivity contribution in [2.75, 3.05) is 0 Å². The Morgan fingerprint density at radius 1 is 0.806 bits per heavy atom. The SMILES string of the molecule is CC(C)CC(O)CC(O)CC(C)C.CC(C)Cc1cccc2nc3c(cc12)CCc1ccc[c-]c1-3.[Ir]. The number of rotatable bonds is 8. The van der Waals surface area contributed by atoms with Crippen LogP contribution < -0.4 is 0 Å². The summed E-state index contributed by atoms with van der Waals surface area (Å²) in [6, 6.07) is 18.6. The van der Waals surface area contributed by atoms with E-state index < -0.39 is 0 Å². The van der Waals surface area contributed by atoms with Gasteiger partial charge in [-0.2, -0.15) is 0 Å². The summed E-state index contributed by atoms with van der Waals surface area (Å²) < 4.78 is 0. The van der Waals surface area contributed by atoms with Gasteiger partial charge in [0.15, 0.2) is 0 Å². The molecule has 0 amide bonds. The molecule has 0 saturated heterocycles. The molecule has 1 aliphatic carbocycles. The molecule has 2 aromatic carbocycles. The number of pyridine rings is 1. The molecule has 0 saturated carbocycles. The molecule has 1 aromatic heterocycles. The summed E-state index contributed by atoms with van der Waals surface area (Å²) >= 11 is 0. The first-order chi connectivity index (χ1) is 16.6. The van der Waals surface area contributed by atoms with E-state index in [4.69, 9.17) is 4.98 Å². The fourth-order valence-corrected chi connectivity index (χ4v) is 5.09.